The monoisotopic (exact) mass is 414 g/mol. The fraction of sp³-hybridized carbons (Fsp3) is 0.208. The van der Waals surface area contributed by atoms with E-state index in [4.69, 9.17) is 4.74 Å². The van der Waals surface area contributed by atoms with Crippen LogP contribution in [0.1, 0.15) is 15.9 Å². The maximum Gasteiger partial charge on any atom is 0.281 e. The average molecular weight is 414 g/mol. The van der Waals surface area contributed by atoms with E-state index in [9.17, 15) is 9.59 Å². The molecule has 7 nitrogen and oxygen atoms in total. The zero-order valence-corrected chi connectivity index (χ0v) is 17.0. The van der Waals surface area contributed by atoms with Gasteiger partial charge in [-0.3, -0.25) is 14.0 Å². The van der Waals surface area contributed by atoms with Gasteiger partial charge in [-0.2, -0.15) is 0 Å². The van der Waals surface area contributed by atoms with E-state index < -0.39 is 0 Å². The number of ether oxygens (including phenoxy) is 1. The number of amides is 1. The summed E-state index contributed by atoms with van der Waals surface area (Å²) in [5.74, 6) is -0.134. The lowest BCUT2D eigenvalue weighted by atomic mass is 10.1. The zero-order valence-electron chi connectivity index (χ0n) is 17.0. The lowest BCUT2D eigenvalue weighted by molar-refractivity contribution is 0.0303. The molecule has 0 aliphatic carbocycles. The quantitative estimate of drug-likeness (QED) is 0.556. The molecule has 0 spiro atoms. The number of hydrogen-bond acceptors (Lipinski definition) is 5. The Labute approximate surface area is 178 Å². The van der Waals surface area contributed by atoms with Gasteiger partial charge in [-0.05, 0) is 34.5 Å². The van der Waals surface area contributed by atoms with Gasteiger partial charge in [0.25, 0.3) is 11.5 Å². The minimum Gasteiger partial charge on any atom is -0.378 e. The van der Waals surface area contributed by atoms with Crippen LogP contribution in [-0.4, -0.2) is 46.5 Å². The minimum absolute atomic E-state index is 0.134. The van der Waals surface area contributed by atoms with Crippen molar-refractivity contribution in [3.05, 3.63) is 88.5 Å². The summed E-state index contributed by atoms with van der Waals surface area (Å²) >= 11 is 0. The van der Waals surface area contributed by atoms with Crippen molar-refractivity contribution in [3.63, 3.8) is 0 Å². The van der Waals surface area contributed by atoms with Crippen LogP contribution in [0.15, 0.2) is 71.8 Å². The van der Waals surface area contributed by atoms with Gasteiger partial charge in [0.05, 0.1) is 25.0 Å². The van der Waals surface area contributed by atoms with E-state index in [1.807, 2.05) is 18.2 Å². The van der Waals surface area contributed by atoms with Crippen molar-refractivity contribution < 1.29 is 9.53 Å². The molecule has 1 amide bonds. The van der Waals surface area contributed by atoms with E-state index >= 15 is 0 Å². The number of benzene rings is 2. The number of morpholine rings is 1. The Kier molecular flexibility index (Phi) is 5.09. The number of pyridine rings is 1. The van der Waals surface area contributed by atoms with Gasteiger partial charge in [0, 0.05) is 25.8 Å². The molecule has 0 unspecified atom stereocenters. The fourth-order valence-electron chi connectivity index (χ4n) is 3.88. The third kappa shape index (κ3) is 3.75. The predicted molar refractivity (Wildman–Crippen MR) is 119 cm³/mol. The molecule has 1 fully saturated rings. The molecule has 0 atom stereocenters. The standard InChI is InChI=1S/C24H22N4O3/c29-23(27-10-12-31-13-11-27)20-6-3-9-28-22(20)26-16-21(24(28)30)25-15-17-7-8-18-4-1-2-5-19(18)14-17/h1-9,14,16,25H,10-13,15H2. The first kappa shape index (κ1) is 19.3. The second-order valence-electron chi connectivity index (χ2n) is 7.53. The number of anilines is 1. The first-order chi connectivity index (χ1) is 15.2. The molecule has 1 saturated heterocycles. The van der Waals surface area contributed by atoms with Gasteiger partial charge in [0.1, 0.15) is 5.69 Å². The Bertz CT molecular complexity index is 1330. The zero-order chi connectivity index (χ0) is 21.2. The predicted octanol–water partition coefficient (Wildman–Crippen LogP) is 2.93. The molecule has 7 heteroatoms. The van der Waals surface area contributed by atoms with Crippen molar-refractivity contribution in [2.75, 3.05) is 31.6 Å². The summed E-state index contributed by atoms with van der Waals surface area (Å²) in [5.41, 5.74) is 2.01. The van der Waals surface area contributed by atoms with E-state index in [0.29, 0.717) is 49.7 Å². The highest BCUT2D eigenvalue weighted by Crippen LogP contribution is 2.17. The molecule has 0 bridgehead atoms. The number of fused-ring (bicyclic) bond motifs is 2. The largest absolute Gasteiger partial charge is 0.378 e. The number of hydrogen-bond donors (Lipinski definition) is 1. The Hall–Kier alpha value is -3.71. The first-order valence-electron chi connectivity index (χ1n) is 10.3. The number of carbonyl (C=O) groups is 1. The molecule has 0 radical (unpaired) electrons. The van der Waals surface area contributed by atoms with Crippen molar-refractivity contribution in [1.82, 2.24) is 14.3 Å². The van der Waals surface area contributed by atoms with Crippen molar-refractivity contribution >= 4 is 28.0 Å². The molecule has 156 valence electrons. The molecular weight excluding hydrogens is 392 g/mol. The van der Waals surface area contributed by atoms with Crippen molar-refractivity contribution in [2.24, 2.45) is 0 Å². The molecule has 1 aliphatic rings. The van der Waals surface area contributed by atoms with Crippen molar-refractivity contribution in [3.8, 4) is 0 Å². The van der Waals surface area contributed by atoms with Gasteiger partial charge < -0.3 is 15.0 Å². The number of rotatable bonds is 4. The highest BCUT2D eigenvalue weighted by molar-refractivity contribution is 5.99. The Balaban J connectivity index is 1.41. The molecule has 1 aliphatic heterocycles. The Morgan fingerprint density at radius 3 is 2.68 bits per heavy atom. The SMILES string of the molecule is O=C(c1cccn2c(=O)c(NCc3ccc4ccccc4c3)cnc12)N1CCOCC1. The van der Waals surface area contributed by atoms with Gasteiger partial charge >= 0.3 is 0 Å². The molecule has 0 saturated carbocycles. The van der Waals surface area contributed by atoms with Gasteiger partial charge in [-0.25, -0.2) is 4.98 Å². The highest BCUT2D eigenvalue weighted by atomic mass is 16.5. The number of carbonyl (C=O) groups excluding carboxylic acids is 1. The smallest absolute Gasteiger partial charge is 0.281 e. The van der Waals surface area contributed by atoms with Crippen LogP contribution >= 0.6 is 0 Å². The van der Waals surface area contributed by atoms with E-state index in [1.54, 1.807) is 23.2 Å². The lowest BCUT2D eigenvalue weighted by Crippen LogP contribution is -2.41. The summed E-state index contributed by atoms with van der Waals surface area (Å²) in [4.78, 5) is 32.1. The van der Waals surface area contributed by atoms with Gasteiger partial charge in [-0.15, -0.1) is 0 Å². The van der Waals surface area contributed by atoms with Crippen LogP contribution in [0, 0.1) is 0 Å². The molecular formula is C24H22N4O3. The minimum atomic E-state index is -0.234. The number of nitrogens with zero attached hydrogens (tertiary/aromatic N) is 3. The summed E-state index contributed by atoms with van der Waals surface area (Å²) in [6.45, 7) is 2.62. The molecule has 3 heterocycles. The van der Waals surface area contributed by atoms with Crippen LogP contribution in [0.2, 0.25) is 0 Å². The second-order valence-corrected chi connectivity index (χ2v) is 7.53. The Morgan fingerprint density at radius 1 is 1.03 bits per heavy atom. The maximum absolute atomic E-state index is 13.0. The molecule has 5 rings (SSSR count). The summed E-state index contributed by atoms with van der Waals surface area (Å²) in [5, 5.41) is 5.52. The maximum atomic E-state index is 13.0. The molecule has 1 N–H and O–H groups in total. The summed E-state index contributed by atoms with van der Waals surface area (Å²) in [6, 6.07) is 17.8. The van der Waals surface area contributed by atoms with Crippen LogP contribution in [0.3, 0.4) is 0 Å². The molecule has 31 heavy (non-hydrogen) atoms. The summed E-state index contributed by atoms with van der Waals surface area (Å²) in [7, 11) is 0. The van der Waals surface area contributed by atoms with Crippen LogP contribution in [0.25, 0.3) is 16.4 Å². The van der Waals surface area contributed by atoms with E-state index in [2.05, 4.69) is 34.6 Å². The fourth-order valence-corrected chi connectivity index (χ4v) is 3.88. The van der Waals surface area contributed by atoms with E-state index in [1.165, 1.54) is 16.0 Å². The van der Waals surface area contributed by atoms with Gasteiger partial charge in [0.15, 0.2) is 5.65 Å². The van der Waals surface area contributed by atoms with Crippen LogP contribution in [-0.2, 0) is 11.3 Å². The third-order valence-corrected chi connectivity index (χ3v) is 5.56. The number of nitrogens with one attached hydrogen (secondary N) is 1. The second kappa shape index (κ2) is 8.20. The number of aromatic nitrogens is 2. The van der Waals surface area contributed by atoms with Crippen LogP contribution < -0.4 is 10.9 Å². The molecule has 2 aromatic heterocycles. The normalized spacial score (nSPS) is 14.1. The van der Waals surface area contributed by atoms with Crippen LogP contribution in [0.5, 0.6) is 0 Å². The lowest BCUT2D eigenvalue weighted by Gasteiger charge is -2.27. The molecule has 4 aromatic rings. The van der Waals surface area contributed by atoms with Crippen LogP contribution in [0.4, 0.5) is 5.69 Å². The van der Waals surface area contributed by atoms with Crippen molar-refractivity contribution in [2.45, 2.75) is 6.54 Å². The topological polar surface area (TPSA) is 75.9 Å². The van der Waals surface area contributed by atoms with Crippen molar-refractivity contribution in [1.29, 1.82) is 0 Å². The highest BCUT2D eigenvalue weighted by Gasteiger charge is 2.21. The van der Waals surface area contributed by atoms with Gasteiger partial charge in [-0.1, -0.05) is 36.4 Å². The average Bonchev–Trinajstić information content (AvgIpc) is 2.83. The molecule has 2 aromatic carbocycles. The van der Waals surface area contributed by atoms with E-state index in [-0.39, 0.29) is 11.5 Å². The summed E-state index contributed by atoms with van der Waals surface area (Å²) in [6.07, 6.45) is 3.15. The summed E-state index contributed by atoms with van der Waals surface area (Å²) < 4.78 is 6.75. The Morgan fingerprint density at radius 2 is 1.84 bits per heavy atom. The third-order valence-electron chi connectivity index (χ3n) is 5.56. The van der Waals surface area contributed by atoms with E-state index in [0.717, 1.165) is 10.9 Å². The first-order valence-corrected chi connectivity index (χ1v) is 10.3. The van der Waals surface area contributed by atoms with Gasteiger partial charge in [0.2, 0.25) is 0 Å².